The molecule has 0 aliphatic carbocycles. The summed E-state index contributed by atoms with van der Waals surface area (Å²) in [5.74, 6) is -0.219. The first-order valence-electron chi connectivity index (χ1n) is 8.16. The van der Waals surface area contributed by atoms with Crippen LogP contribution >= 0.6 is 0 Å². The highest BCUT2D eigenvalue weighted by Gasteiger charge is 2.04. The molecule has 0 spiro atoms. The molecule has 3 aromatic rings. The number of aromatic nitrogens is 2. The highest BCUT2D eigenvalue weighted by Crippen LogP contribution is 2.12. The number of non-ortho nitro benzene ring substituents is 1. The van der Waals surface area contributed by atoms with E-state index in [0.29, 0.717) is 13.0 Å². The number of nitro groups is 1. The summed E-state index contributed by atoms with van der Waals surface area (Å²) >= 11 is 0. The standard InChI is InChI=1S/C19H18N4O3/c1-14-2-8-18-21-16(13-22(18)12-14)10-11-20-19(24)9-5-15-3-6-17(7-4-15)23(25)26/h2-9,12-13H,10-11H2,1H3,(H,20,24)/b9-5+. The predicted octanol–water partition coefficient (Wildman–Crippen LogP) is 2.92. The largest absolute Gasteiger partial charge is 0.352 e. The molecule has 0 radical (unpaired) electrons. The third-order valence-corrected chi connectivity index (χ3v) is 3.86. The van der Waals surface area contributed by atoms with Gasteiger partial charge in [0.25, 0.3) is 5.69 Å². The number of nitro benzene ring substituents is 1. The molecule has 0 atom stereocenters. The minimum absolute atomic E-state index is 0.0225. The predicted molar refractivity (Wildman–Crippen MR) is 98.8 cm³/mol. The number of carbonyl (C=O) groups excluding carboxylic acids is 1. The van der Waals surface area contributed by atoms with Crippen LogP contribution in [0.15, 0.2) is 54.9 Å². The van der Waals surface area contributed by atoms with Crippen molar-refractivity contribution in [1.82, 2.24) is 14.7 Å². The molecular weight excluding hydrogens is 332 g/mol. The maximum atomic E-state index is 11.9. The van der Waals surface area contributed by atoms with Crippen LogP contribution in [0.4, 0.5) is 5.69 Å². The van der Waals surface area contributed by atoms with Gasteiger partial charge in [-0.05, 0) is 42.3 Å². The molecule has 1 N–H and O–H groups in total. The van der Waals surface area contributed by atoms with Gasteiger partial charge in [0.05, 0.1) is 10.6 Å². The first-order chi connectivity index (χ1) is 12.5. The lowest BCUT2D eigenvalue weighted by atomic mass is 10.2. The van der Waals surface area contributed by atoms with E-state index in [0.717, 1.165) is 22.5 Å². The van der Waals surface area contributed by atoms with Crippen molar-refractivity contribution in [3.8, 4) is 0 Å². The summed E-state index contributed by atoms with van der Waals surface area (Å²) in [5, 5.41) is 13.4. The van der Waals surface area contributed by atoms with Gasteiger partial charge >= 0.3 is 0 Å². The van der Waals surface area contributed by atoms with Gasteiger partial charge in [-0.2, -0.15) is 0 Å². The van der Waals surface area contributed by atoms with Gasteiger partial charge in [-0.1, -0.05) is 6.07 Å². The fourth-order valence-corrected chi connectivity index (χ4v) is 2.53. The van der Waals surface area contributed by atoms with Gasteiger partial charge < -0.3 is 9.72 Å². The normalized spacial score (nSPS) is 11.1. The van der Waals surface area contributed by atoms with Crippen LogP contribution in [0.1, 0.15) is 16.8 Å². The molecule has 0 aliphatic heterocycles. The molecular formula is C19H18N4O3. The Hall–Kier alpha value is -3.48. The SMILES string of the molecule is Cc1ccc2nc(CCNC(=O)/C=C/c3ccc([N+](=O)[O-])cc3)cn2c1. The smallest absolute Gasteiger partial charge is 0.269 e. The molecule has 26 heavy (non-hydrogen) atoms. The zero-order valence-corrected chi connectivity index (χ0v) is 14.3. The molecule has 0 unspecified atom stereocenters. The quantitative estimate of drug-likeness (QED) is 0.420. The maximum absolute atomic E-state index is 11.9. The van der Waals surface area contributed by atoms with E-state index in [1.54, 1.807) is 18.2 Å². The second kappa shape index (κ2) is 7.60. The fourth-order valence-electron chi connectivity index (χ4n) is 2.53. The second-order valence-corrected chi connectivity index (χ2v) is 5.93. The molecule has 0 saturated carbocycles. The van der Waals surface area contributed by atoms with Gasteiger partial charge in [0.15, 0.2) is 0 Å². The first-order valence-corrected chi connectivity index (χ1v) is 8.16. The summed E-state index contributed by atoms with van der Waals surface area (Å²) in [4.78, 5) is 26.5. The Bertz CT molecular complexity index is 974. The Morgan fingerprint density at radius 3 is 2.73 bits per heavy atom. The Kier molecular flexibility index (Phi) is 5.07. The number of rotatable bonds is 6. The molecule has 1 aromatic carbocycles. The van der Waals surface area contributed by atoms with Gasteiger partial charge in [-0.3, -0.25) is 14.9 Å². The molecule has 0 bridgehead atoms. The lowest BCUT2D eigenvalue weighted by molar-refractivity contribution is -0.384. The number of nitrogens with one attached hydrogen (secondary N) is 1. The molecule has 0 fully saturated rings. The monoisotopic (exact) mass is 350 g/mol. The zero-order valence-electron chi connectivity index (χ0n) is 14.3. The van der Waals surface area contributed by atoms with E-state index in [-0.39, 0.29) is 11.6 Å². The third-order valence-electron chi connectivity index (χ3n) is 3.86. The number of hydrogen-bond acceptors (Lipinski definition) is 4. The van der Waals surface area contributed by atoms with Crippen molar-refractivity contribution in [3.05, 3.63) is 81.8 Å². The number of aryl methyl sites for hydroxylation is 1. The Morgan fingerprint density at radius 1 is 1.23 bits per heavy atom. The summed E-state index contributed by atoms with van der Waals surface area (Å²) in [6.45, 7) is 2.50. The molecule has 7 nitrogen and oxygen atoms in total. The van der Waals surface area contributed by atoms with Crippen LogP contribution in [0.3, 0.4) is 0 Å². The minimum atomic E-state index is -0.457. The molecule has 132 valence electrons. The highest BCUT2D eigenvalue weighted by molar-refractivity contribution is 5.91. The average molecular weight is 350 g/mol. The van der Waals surface area contributed by atoms with Gasteiger partial charge in [0, 0.05) is 43.6 Å². The summed E-state index contributed by atoms with van der Waals surface area (Å²) in [5.41, 5.74) is 3.70. The van der Waals surface area contributed by atoms with Crippen LogP contribution in [-0.2, 0) is 11.2 Å². The van der Waals surface area contributed by atoms with Crippen LogP contribution in [0, 0.1) is 17.0 Å². The van der Waals surface area contributed by atoms with Gasteiger partial charge in [-0.25, -0.2) is 4.98 Å². The fraction of sp³-hybridized carbons (Fsp3) is 0.158. The Morgan fingerprint density at radius 2 is 2.00 bits per heavy atom. The topological polar surface area (TPSA) is 89.5 Å². The summed E-state index contributed by atoms with van der Waals surface area (Å²) < 4.78 is 1.97. The molecule has 1 amide bonds. The number of nitrogens with zero attached hydrogens (tertiary/aromatic N) is 3. The summed E-state index contributed by atoms with van der Waals surface area (Å²) in [6, 6.07) is 9.98. The van der Waals surface area contributed by atoms with E-state index in [4.69, 9.17) is 0 Å². The van der Waals surface area contributed by atoms with Gasteiger partial charge in [0.1, 0.15) is 5.65 Å². The van der Waals surface area contributed by atoms with E-state index in [9.17, 15) is 14.9 Å². The number of benzene rings is 1. The highest BCUT2D eigenvalue weighted by atomic mass is 16.6. The van der Waals surface area contributed by atoms with Crippen LogP contribution in [0.5, 0.6) is 0 Å². The first kappa shape index (κ1) is 17.3. The number of pyridine rings is 1. The molecule has 0 saturated heterocycles. The number of imidazole rings is 1. The average Bonchev–Trinajstić information content (AvgIpc) is 3.02. The van der Waals surface area contributed by atoms with Gasteiger partial charge in [-0.15, -0.1) is 0 Å². The van der Waals surface area contributed by atoms with Crippen LogP contribution < -0.4 is 5.32 Å². The molecule has 0 aliphatic rings. The van der Waals surface area contributed by atoms with Crippen molar-refractivity contribution in [1.29, 1.82) is 0 Å². The molecule has 7 heteroatoms. The van der Waals surface area contributed by atoms with Gasteiger partial charge in [0.2, 0.25) is 5.91 Å². The number of fused-ring (bicyclic) bond motifs is 1. The van der Waals surface area contributed by atoms with E-state index in [1.807, 2.05) is 35.9 Å². The number of carbonyl (C=O) groups is 1. The third kappa shape index (κ3) is 4.32. The van der Waals surface area contributed by atoms with E-state index < -0.39 is 4.92 Å². The van der Waals surface area contributed by atoms with E-state index >= 15 is 0 Å². The van der Waals surface area contributed by atoms with Crippen LogP contribution in [-0.4, -0.2) is 26.8 Å². The van der Waals surface area contributed by atoms with Crippen molar-refractivity contribution in [2.75, 3.05) is 6.54 Å². The number of hydrogen-bond donors (Lipinski definition) is 1. The zero-order chi connectivity index (χ0) is 18.5. The molecule has 2 aromatic heterocycles. The van der Waals surface area contributed by atoms with Crippen molar-refractivity contribution < 1.29 is 9.72 Å². The van der Waals surface area contributed by atoms with E-state index in [2.05, 4.69) is 10.3 Å². The van der Waals surface area contributed by atoms with Crippen LogP contribution in [0.2, 0.25) is 0 Å². The molecule has 3 rings (SSSR count). The van der Waals surface area contributed by atoms with E-state index in [1.165, 1.54) is 18.2 Å². The summed E-state index contributed by atoms with van der Waals surface area (Å²) in [7, 11) is 0. The van der Waals surface area contributed by atoms with Crippen molar-refractivity contribution in [2.45, 2.75) is 13.3 Å². The van der Waals surface area contributed by atoms with Crippen LogP contribution in [0.25, 0.3) is 11.7 Å². The van der Waals surface area contributed by atoms with Crippen molar-refractivity contribution >= 4 is 23.3 Å². The minimum Gasteiger partial charge on any atom is -0.352 e. The molecule has 2 heterocycles. The lowest BCUT2D eigenvalue weighted by Gasteiger charge is -1.99. The Balaban J connectivity index is 1.50. The summed E-state index contributed by atoms with van der Waals surface area (Å²) in [6.07, 6.45) is 7.64. The lowest BCUT2D eigenvalue weighted by Crippen LogP contribution is -2.23. The van der Waals surface area contributed by atoms with Crippen molar-refractivity contribution in [2.24, 2.45) is 0 Å². The second-order valence-electron chi connectivity index (χ2n) is 5.93. The number of amides is 1. The van der Waals surface area contributed by atoms with Crippen molar-refractivity contribution in [3.63, 3.8) is 0 Å². The maximum Gasteiger partial charge on any atom is 0.269 e. The Labute approximate surface area is 150 Å².